The minimum absolute atomic E-state index is 0.210. The summed E-state index contributed by atoms with van der Waals surface area (Å²) in [4.78, 5) is 2.36. The molecule has 1 N–H and O–H groups in total. The summed E-state index contributed by atoms with van der Waals surface area (Å²) in [6.07, 6.45) is 0. The summed E-state index contributed by atoms with van der Waals surface area (Å²) in [6.45, 7) is 9.11. The van der Waals surface area contributed by atoms with E-state index in [2.05, 4.69) is 31.0 Å². The summed E-state index contributed by atoms with van der Waals surface area (Å²) in [7, 11) is 0. The van der Waals surface area contributed by atoms with Crippen LogP contribution in [0, 0.1) is 11.7 Å². The Balaban J connectivity index is 2.16. The maximum absolute atomic E-state index is 14.0. The van der Waals surface area contributed by atoms with Crippen molar-refractivity contribution in [3.05, 3.63) is 34.6 Å². The zero-order chi connectivity index (χ0) is 14.0. The predicted octanol–water partition coefficient (Wildman–Crippen LogP) is 3.30. The van der Waals surface area contributed by atoms with Crippen LogP contribution < -0.4 is 5.32 Å². The maximum Gasteiger partial charge on any atom is 0.146 e. The van der Waals surface area contributed by atoms with Gasteiger partial charge in [-0.15, -0.1) is 0 Å². The van der Waals surface area contributed by atoms with Crippen LogP contribution in [0.4, 0.5) is 4.39 Å². The zero-order valence-electron chi connectivity index (χ0n) is 11.8. The van der Waals surface area contributed by atoms with Gasteiger partial charge in [-0.05, 0) is 18.9 Å². The number of nitrogens with zero attached hydrogens (tertiary/aromatic N) is 1. The van der Waals surface area contributed by atoms with Crippen molar-refractivity contribution in [3.63, 3.8) is 0 Å². The Kier molecular flexibility index (Phi) is 4.82. The zero-order valence-corrected chi connectivity index (χ0v) is 12.5. The number of hydrogen-bond acceptors (Lipinski definition) is 2. The van der Waals surface area contributed by atoms with Crippen LogP contribution in [0.2, 0.25) is 5.02 Å². The lowest BCUT2D eigenvalue weighted by Gasteiger charge is -2.41. The number of nitrogens with one attached hydrogen (secondary N) is 1. The van der Waals surface area contributed by atoms with Gasteiger partial charge >= 0.3 is 0 Å². The number of hydrogen-bond donors (Lipinski definition) is 1. The maximum atomic E-state index is 14.0. The van der Waals surface area contributed by atoms with Gasteiger partial charge in [-0.25, -0.2) is 4.39 Å². The van der Waals surface area contributed by atoms with Crippen LogP contribution in [0.25, 0.3) is 0 Å². The van der Waals surface area contributed by atoms with Gasteiger partial charge in [0.25, 0.3) is 0 Å². The number of benzene rings is 1. The van der Waals surface area contributed by atoms with Gasteiger partial charge < -0.3 is 5.32 Å². The van der Waals surface area contributed by atoms with Crippen molar-refractivity contribution in [1.82, 2.24) is 10.2 Å². The highest BCUT2D eigenvalue weighted by molar-refractivity contribution is 6.30. The second kappa shape index (κ2) is 6.21. The largest absolute Gasteiger partial charge is 0.311 e. The van der Waals surface area contributed by atoms with Crippen LogP contribution in [-0.4, -0.2) is 30.1 Å². The van der Waals surface area contributed by atoms with E-state index in [-0.39, 0.29) is 10.8 Å². The Morgan fingerprint density at radius 2 is 2.21 bits per heavy atom. The van der Waals surface area contributed by atoms with E-state index >= 15 is 0 Å². The lowest BCUT2D eigenvalue weighted by atomic mass is 9.98. The van der Waals surface area contributed by atoms with Crippen molar-refractivity contribution in [1.29, 1.82) is 0 Å². The molecular weight excluding hydrogens is 263 g/mol. The molecule has 0 aliphatic carbocycles. The number of rotatable bonds is 3. The van der Waals surface area contributed by atoms with E-state index in [1.54, 1.807) is 6.07 Å². The molecule has 19 heavy (non-hydrogen) atoms. The molecule has 1 saturated heterocycles. The molecule has 2 rings (SSSR count). The standard InChI is InChI=1S/C15H22ClFN2/c1-10(2)14-7-18-11(3)8-19(14)9-12-5-4-6-13(16)15(12)17/h4-6,10-11,14,18H,7-9H2,1-3H3. The molecule has 2 unspecified atom stereocenters. The first-order valence-corrected chi connectivity index (χ1v) is 7.27. The molecule has 106 valence electrons. The Morgan fingerprint density at radius 1 is 1.47 bits per heavy atom. The first-order valence-electron chi connectivity index (χ1n) is 6.89. The number of halogens is 2. The second-order valence-electron chi connectivity index (χ2n) is 5.76. The monoisotopic (exact) mass is 284 g/mol. The highest BCUT2D eigenvalue weighted by Crippen LogP contribution is 2.23. The van der Waals surface area contributed by atoms with E-state index in [9.17, 15) is 4.39 Å². The molecular formula is C15H22ClFN2. The van der Waals surface area contributed by atoms with Gasteiger partial charge in [0, 0.05) is 37.3 Å². The van der Waals surface area contributed by atoms with Crippen LogP contribution in [0.15, 0.2) is 18.2 Å². The van der Waals surface area contributed by atoms with E-state index < -0.39 is 0 Å². The first kappa shape index (κ1) is 14.8. The summed E-state index contributed by atoms with van der Waals surface area (Å²) >= 11 is 5.85. The summed E-state index contributed by atoms with van der Waals surface area (Å²) in [5.41, 5.74) is 0.687. The summed E-state index contributed by atoms with van der Waals surface area (Å²) in [5, 5.41) is 3.70. The van der Waals surface area contributed by atoms with Gasteiger partial charge in [-0.1, -0.05) is 37.6 Å². The van der Waals surface area contributed by atoms with E-state index in [0.717, 1.165) is 13.1 Å². The minimum atomic E-state index is -0.280. The topological polar surface area (TPSA) is 15.3 Å². The van der Waals surface area contributed by atoms with Crippen molar-refractivity contribution in [2.75, 3.05) is 13.1 Å². The summed E-state index contributed by atoms with van der Waals surface area (Å²) in [6, 6.07) is 6.12. The van der Waals surface area contributed by atoms with Crippen molar-refractivity contribution < 1.29 is 4.39 Å². The molecule has 0 amide bonds. The SMILES string of the molecule is CC1CN(Cc2cccc(Cl)c2F)C(C(C)C)CN1. The fraction of sp³-hybridized carbons (Fsp3) is 0.600. The van der Waals surface area contributed by atoms with Crippen molar-refractivity contribution >= 4 is 11.6 Å². The predicted molar refractivity (Wildman–Crippen MR) is 77.9 cm³/mol. The fourth-order valence-electron chi connectivity index (χ4n) is 2.73. The third-order valence-corrected chi connectivity index (χ3v) is 4.12. The molecule has 1 heterocycles. The quantitative estimate of drug-likeness (QED) is 0.916. The molecule has 1 fully saturated rings. The van der Waals surface area contributed by atoms with Gasteiger partial charge in [0.1, 0.15) is 5.82 Å². The normalized spacial score (nSPS) is 24.9. The molecule has 1 aliphatic rings. The Morgan fingerprint density at radius 3 is 2.89 bits per heavy atom. The van der Waals surface area contributed by atoms with E-state index in [1.807, 2.05) is 12.1 Å². The molecule has 0 radical (unpaired) electrons. The van der Waals surface area contributed by atoms with E-state index in [1.165, 1.54) is 0 Å². The molecule has 0 aromatic heterocycles. The third kappa shape index (κ3) is 3.47. The van der Waals surface area contributed by atoms with Crippen LogP contribution in [0.5, 0.6) is 0 Å². The molecule has 4 heteroatoms. The molecule has 1 aliphatic heterocycles. The smallest absolute Gasteiger partial charge is 0.146 e. The van der Waals surface area contributed by atoms with Gasteiger partial charge in [0.2, 0.25) is 0 Å². The molecule has 0 bridgehead atoms. The molecule has 1 aromatic carbocycles. The van der Waals surface area contributed by atoms with E-state index in [4.69, 9.17) is 11.6 Å². The average Bonchev–Trinajstić information content (AvgIpc) is 2.35. The molecule has 0 saturated carbocycles. The fourth-order valence-corrected chi connectivity index (χ4v) is 2.93. The van der Waals surface area contributed by atoms with Crippen LogP contribution in [-0.2, 0) is 6.54 Å². The summed E-state index contributed by atoms with van der Waals surface area (Å²) < 4.78 is 14.0. The molecule has 2 atom stereocenters. The average molecular weight is 285 g/mol. The van der Waals surface area contributed by atoms with Crippen molar-refractivity contribution in [2.45, 2.75) is 39.4 Å². The van der Waals surface area contributed by atoms with Crippen LogP contribution in [0.1, 0.15) is 26.3 Å². The molecule has 2 nitrogen and oxygen atoms in total. The van der Waals surface area contributed by atoms with Gasteiger partial charge in [0.15, 0.2) is 0 Å². The third-order valence-electron chi connectivity index (χ3n) is 3.83. The Labute approximate surface area is 119 Å². The van der Waals surface area contributed by atoms with E-state index in [0.29, 0.717) is 30.1 Å². The van der Waals surface area contributed by atoms with Crippen molar-refractivity contribution in [3.8, 4) is 0 Å². The highest BCUT2D eigenvalue weighted by atomic mass is 35.5. The van der Waals surface area contributed by atoms with Gasteiger partial charge in [-0.3, -0.25) is 4.90 Å². The van der Waals surface area contributed by atoms with Gasteiger partial charge in [0.05, 0.1) is 5.02 Å². The Hall–Kier alpha value is -0.640. The molecule has 1 aromatic rings. The lowest BCUT2D eigenvalue weighted by Crippen LogP contribution is -2.56. The number of piperazine rings is 1. The first-order chi connectivity index (χ1) is 8.99. The van der Waals surface area contributed by atoms with Gasteiger partial charge in [-0.2, -0.15) is 0 Å². The summed E-state index contributed by atoms with van der Waals surface area (Å²) in [5.74, 6) is 0.264. The highest BCUT2D eigenvalue weighted by Gasteiger charge is 2.28. The lowest BCUT2D eigenvalue weighted by molar-refractivity contribution is 0.0944. The van der Waals surface area contributed by atoms with Crippen molar-refractivity contribution in [2.24, 2.45) is 5.92 Å². The Bertz CT molecular complexity index is 436. The van der Waals surface area contributed by atoms with Crippen LogP contribution >= 0.6 is 11.6 Å². The van der Waals surface area contributed by atoms with Crippen LogP contribution in [0.3, 0.4) is 0 Å². The molecule has 0 spiro atoms. The minimum Gasteiger partial charge on any atom is -0.311 e. The second-order valence-corrected chi connectivity index (χ2v) is 6.17.